The summed E-state index contributed by atoms with van der Waals surface area (Å²) in [5, 5.41) is 4.83. The van der Waals surface area contributed by atoms with Crippen LogP contribution in [0.15, 0.2) is 24.4 Å². The molecule has 0 amide bonds. The number of nitrogens with one attached hydrogen (secondary N) is 1. The highest BCUT2D eigenvalue weighted by atomic mass is 35.5. The molecule has 0 bridgehead atoms. The van der Waals surface area contributed by atoms with Crippen LogP contribution in [0.3, 0.4) is 0 Å². The summed E-state index contributed by atoms with van der Waals surface area (Å²) in [6.45, 7) is 7.56. The van der Waals surface area contributed by atoms with Crippen molar-refractivity contribution in [3.8, 4) is 0 Å². The minimum atomic E-state index is -0.170. The monoisotopic (exact) mass is 278 g/mol. The van der Waals surface area contributed by atoms with E-state index in [0.29, 0.717) is 5.02 Å². The minimum absolute atomic E-state index is 0.126. The molecule has 1 aromatic heterocycles. The molecule has 2 rings (SSSR count). The van der Waals surface area contributed by atoms with Crippen molar-refractivity contribution in [2.45, 2.75) is 33.4 Å². The topological polar surface area (TPSA) is 34.0 Å². The summed E-state index contributed by atoms with van der Waals surface area (Å²) in [4.78, 5) is 12.5. The first-order valence-corrected chi connectivity index (χ1v) is 7.02. The highest BCUT2D eigenvalue weighted by Crippen LogP contribution is 2.25. The van der Waals surface area contributed by atoms with Crippen LogP contribution < -0.4 is 5.32 Å². The van der Waals surface area contributed by atoms with Crippen molar-refractivity contribution in [3.05, 3.63) is 35.0 Å². The summed E-state index contributed by atoms with van der Waals surface area (Å²) in [5.41, 5.74) is 1.78. The van der Waals surface area contributed by atoms with E-state index in [0.717, 1.165) is 29.6 Å². The van der Waals surface area contributed by atoms with Gasteiger partial charge in [-0.2, -0.15) is 0 Å². The van der Waals surface area contributed by atoms with Crippen molar-refractivity contribution in [3.63, 3.8) is 0 Å². The Hall–Kier alpha value is -1.32. The van der Waals surface area contributed by atoms with E-state index in [2.05, 4.69) is 16.8 Å². The number of carbonyl (C=O) groups is 1. The van der Waals surface area contributed by atoms with Gasteiger partial charge in [0.25, 0.3) is 0 Å². The van der Waals surface area contributed by atoms with E-state index in [4.69, 9.17) is 11.6 Å². The van der Waals surface area contributed by atoms with Crippen LogP contribution in [0.2, 0.25) is 5.02 Å². The van der Waals surface area contributed by atoms with Crippen LogP contribution in [0.4, 0.5) is 0 Å². The number of aromatic nitrogens is 1. The highest BCUT2D eigenvalue weighted by molar-refractivity contribution is 6.31. The fourth-order valence-electron chi connectivity index (χ4n) is 2.36. The zero-order valence-electron chi connectivity index (χ0n) is 11.5. The number of rotatable bonds is 5. The lowest BCUT2D eigenvalue weighted by atomic mass is 10.0. The number of aryl methyl sites for hydroxylation is 1. The van der Waals surface area contributed by atoms with Crippen LogP contribution >= 0.6 is 11.6 Å². The number of nitrogens with zero attached hydrogens (tertiary/aromatic N) is 1. The molecule has 0 saturated carbocycles. The number of ketones is 1. The van der Waals surface area contributed by atoms with Gasteiger partial charge < -0.3 is 9.88 Å². The van der Waals surface area contributed by atoms with E-state index in [1.54, 1.807) is 0 Å². The van der Waals surface area contributed by atoms with Crippen molar-refractivity contribution < 1.29 is 4.79 Å². The van der Waals surface area contributed by atoms with Crippen LogP contribution in [0.1, 0.15) is 31.1 Å². The highest BCUT2D eigenvalue weighted by Gasteiger charge is 2.19. The Bertz CT molecular complexity index is 603. The van der Waals surface area contributed by atoms with Gasteiger partial charge in [-0.3, -0.25) is 4.79 Å². The van der Waals surface area contributed by atoms with Crippen molar-refractivity contribution in [2.24, 2.45) is 0 Å². The molecule has 102 valence electrons. The van der Waals surface area contributed by atoms with Crippen LogP contribution in [0, 0.1) is 0 Å². The lowest BCUT2D eigenvalue weighted by Crippen LogP contribution is -2.33. The Morgan fingerprint density at radius 1 is 1.42 bits per heavy atom. The Labute approximate surface area is 118 Å². The van der Waals surface area contributed by atoms with Crippen LogP contribution in [0.5, 0.6) is 0 Å². The minimum Gasteiger partial charge on any atom is -0.347 e. The average molecular weight is 279 g/mol. The van der Waals surface area contributed by atoms with Crippen molar-refractivity contribution in [1.82, 2.24) is 9.88 Å². The molecule has 1 N–H and O–H groups in total. The van der Waals surface area contributed by atoms with Gasteiger partial charge in [0.1, 0.15) is 0 Å². The van der Waals surface area contributed by atoms with Crippen molar-refractivity contribution in [1.29, 1.82) is 0 Å². The lowest BCUT2D eigenvalue weighted by Gasteiger charge is -2.10. The van der Waals surface area contributed by atoms with E-state index >= 15 is 0 Å². The molecule has 0 fully saturated rings. The molecule has 1 aromatic carbocycles. The SMILES string of the molecule is CCNC(C)C(=O)c1cn(CC)c2cc(Cl)ccc12. The fraction of sp³-hybridized carbons (Fsp3) is 0.400. The maximum Gasteiger partial charge on any atom is 0.181 e. The van der Waals surface area contributed by atoms with E-state index in [-0.39, 0.29) is 11.8 Å². The number of likely N-dealkylation sites (N-methyl/N-ethyl adjacent to an activating group) is 1. The maximum atomic E-state index is 12.5. The third-order valence-corrected chi connectivity index (χ3v) is 3.59. The number of hydrogen-bond acceptors (Lipinski definition) is 2. The molecule has 2 aromatic rings. The summed E-state index contributed by atoms with van der Waals surface area (Å²) in [5.74, 6) is 0.126. The zero-order valence-corrected chi connectivity index (χ0v) is 12.3. The van der Waals surface area contributed by atoms with Gasteiger partial charge in [0.2, 0.25) is 0 Å². The largest absolute Gasteiger partial charge is 0.347 e. The Morgan fingerprint density at radius 2 is 2.16 bits per heavy atom. The number of hydrogen-bond donors (Lipinski definition) is 1. The van der Waals surface area contributed by atoms with E-state index in [1.165, 1.54) is 0 Å². The van der Waals surface area contributed by atoms with E-state index in [1.807, 2.05) is 38.2 Å². The van der Waals surface area contributed by atoms with Crippen LogP contribution in [-0.2, 0) is 6.54 Å². The first kappa shape index (κ1) is 14.1. The Morgan fingerprint density at radius 3 is 2.79 bits per heavy atom. The molecule has 0 aliphatic carbocycles. The first-order valence-electron chi connectivity index (χ1n) is 6.64. The standard InChI is InChI=1S/C15H19ClN2O/c1-4-17-10(3)15(19)13-9-18(5-2)14-8-11(16)6-7-12(13)14/h6-10,17H,4-5H2,1-3H3. The molecule has 0 spiro atoms. The summed E-state index contributed by atoms with van der Waals surface area (Å²) in [7, 11) is 0. The second-order valence-corrected chi connectivity index (χ2v) is 5.07. The number of halogens is 1. The van der Waals surface area contributed by atoms with Gasteiger partial charge in [-0.15, -0.1) is 0 Å². The first-order chi connectivity index (χ1) is 9.08. The van der Waals surface area contributed by atoms with Crippen molar-refractivity contribution in [2.75, 3.05) is 6.54 Å². The molecule has 0 saturated heterocycles. The summed E-state index contributed by atoms with van der Waals surface area (Å²) in [6, 6.07) is 5.50. The predicted octanol–water partition coefficient (Wildman–Crippen LogP) is 3.50. The quantitative estimate of drug-likeness (QED) is 0.850. The van der Waals surface area contributed by atoms with Crippen molar-refractivity contribution >= 4 is 28.3 Å². The van der Waals surface area contributed by atoms with Crippen LogP contribution in [-0.4, -0.2) is 22.9 Å². The zero-order chi connectivity index (χ0) is 14.0. The summed E-state index contributed by atoms with van der Waals surface area (Å²) in [6.07, 6.45) is 1.93. The smallest absolute Gasteiger partial charge is 0.181 e. The number of Topliss-reactive ketones (excluding diaryl/α,β-unsaturated/α-hetero) is 1. The molecule has 1 atom stereocenters. The van der Waals surface area contributed by atoms with Gasteiger partial charge in [-0.05, 0) is 32.5 Å². The summed E-state index contributed by atoms with van der Waals surface area (Å²) < 4.78 is 2.06. The van der Waals surface area contributed by atoms with Gasteiger partial charge in [0, 0.05) is 28.7 Å². The normalized spacial score (nSPS) is 12.8. The third kappa shape index (κ3) is 2.67. The predicted molar refractivity (Wildman–Crippen MR) is 80.1 cm³/mol. The third-order valence-electron chi connectivity index (χ3n) is 3.35. The van der Waals surface area contributed by atoms with Crippen LogP contribution in [0.25, 0.3) is 10.9 Å². The molecule has 0 aliphatic rings. The summed E-state index contributed by atoms with van der Waals surface area (Å²) >= 11 is 6.04. The average Bonchev–Trinajstić information content (AvgIpc) is 2.76. The molecule has 19 heavy (non-hydrogen) atoms. The molecule has 1 unspecified atom stereocenters. The second kappa shape index (κ2) is 5.76. The molecular formula is C15H19ClN2O. The van der Waals surface area contributed by atoms with Gasteiger partial charge in [0.15, 0.2) is 5.78 Å². The molecular weight excluding hydrogens is 260 g/mol. The fourth-order valence-corrected chi connectivity index (χ4v) is 2.52. The second-order valence-electron chi connectivity index (χ2n) is 4.63. The number of carbonyl (C=O) groups excluding carboxylic acids is 1. The van der Waals surface area contributed by atoms with E-state index < -0.39 is 0 Å². The number of benzene rings is 1. The molecule has 1 heterocycles. The lowest BCUT2D eigenvalue weighted by molar-refractivity contribution is 0.0953. The van der Waals surface area contributed by atoms with Gasteiger partial charge in [-0.1, -0.05) is 24.6 Å². The Balaban J connectivity index is 2.52. The van der Waals surface area contributed by atoms with Gasteiger partial charge >= 0.3 is 0 Å². The van der Waals surface area contributed by atoms with Gasteiger partial charge in [0.05, 0.1) is 11.6 Å². The number of fused-ring (bicyclic) bond motifs is 1. The maximum absolute atomic E-state index is 12.5. The van der Waals surface area contributed by atoms with E-state index in [9.17, 15) is 4.79 Å². The molecule has 3 nitrogen and oxygen atoms in total. The molecule has 4 heteroatoms. The van der Waals surface area contributed by atoms with Gasteiger partial charge in [-0.25, -0.2) is 0 Å². The molecule has 0 aliphatic heterocycles. The Kier molecular flexibility index (Phi) is 4.27. The molecule has 0 radical (unpaired) electrons.